The van der Waals surface area contributed by atoms with Crippen LogP contribution in [0.15, 0.2) is 30.3 Å². The average molecular weight is 350 g/mol. The van der Waals surface area contributed by atoms with Crippen molar-refractivity contribution < 1.29 is 9.53 Å². The first kappa shape index (κ1) is 18.6. The van der Waals surface area contributed by atoms with Crippen LogP contribution in [-0.2, 0) is 16.1 Å². The lowest BCUT2D eigenvalue weighted by atomic mass is 10.2. The molecule has 0 radical (unpaired) electrons. The lowest BCUT2D eigenvalue weighted by Crippen LogP contribution is -2.53. The van der Waals surface area contributed by atoms with Gasteiger partial charge in [-0.15, -0.1) is 0 Å². The Kier molecular flexibility index (Phi) is 7.94. The Labute approximate surface area is 149 Å². The molecule has 1 heterocycles. The summed E-state index contributed by atoms with van der Waals surface area (Å²) >= 11 is 5.47. The smallest absolute Gasteiger partial charge is 0.234 e. The minimum absolute atomic E-state index is 0.0466. The van der Waals surface area contributed by atoms with Crippen molar-refractivity contribution in [2.45, 2.75) is 6.54 Å². The van der Waals surface area contributed by atoms with Crippen molar-refractivity contribution in [3.8, 4) is 0 Å². The molecule has 7 heteroatoms. The van der Waals surface area contributed by atoms with Gasteiger partial charge in [-0.3, -0.25) is 9.69 Å². The molecule has 0 spiro atoms. The number of methoxy groups -OCH3 is 1. The van der Waals surface area contributed by atoms with Crippen molar-refractivity contribution >= 4 is 23.2 Å². The first-order valence-electron chi connectivity index (χ1n) is 8.23. The summed E-state index contributed by atoms with van der Waals surface area (Å²) in [5.74, 6) is 0.0466. The van der Waals surface area contributed by atoms with Crippen LogP contribution >= 0.6 is 12.2 Å². The number of thiocarbonyl (C=S) groups is 1. The summed E-state index contributed by atoms with van der Waals surface area (Å²) in [4.78, 5) is 16.1. The van der Waals surface area contributed by atoms with Crippen molar-refractivity contribution in [1.29, 1.82) is 0 Å². The Hall–Kier alpha value is -1.70. The van der Waals surface area contributed by atoms with E-state index in [1.54, 1.807) is 7.11 Å². The van der Waals surface area contributed by atoms with Crippen molar-refractivity contribution in [2.24, 2.45) is 0 Å². The molecule has 0 unspecified atom stereocenters. The molecule has 1 aliphatic rings. The summed E-state index contributed by atoms with van der Waals surface area (Å²) in [7, 11) is 1.63. The highest BCUT2D eigenvalue weighted by molar-refractivity contribution is 7.80. The van der Waals surface area contributed by atoms with Crippen LogP contribution in [0.25, 0.3) is 0 Å². The zero-order chi connectivity index (χ0) is 17.2. The largest absolute Gasteiger partial charge is 0.383 e. The van der Waals surface area contributed by atoms with E-state index in [2.05, 4.69) is 32.6 Å². The fourth-order valence-electron chi connectivity index (χ4n) is 2.55. The quantitative estimate of drug-likeness (QED) is 0.550. The molecule has 0 atom stereocenters. The number of carbonyl (C=O) groups is 1. The molecule has 24 heavy (non-hydrogen) atoms. The van der Waals surface area contributed by atoms with Crippen molar-refractivity contribution in [3.05, 3.63) is 35.9 Å². The van der Waals surface area contributed by atoms with Crippen LogP contribution in [0.2, 0.25) is 0 Å². The average Bonchev–Trinajstić information content (AvgIpc) is 2.61. The van der Waals surface area contributed by atoms with E-state index in [9.17, 15) is 4.79 Å². The number of carbonyl (C=O) groups excluding carboxylic acids is 1. The van der Waals surface area contributed by atoms with E-state index in [1.165, 1.54) is 5.56 Å². The number of nitrogens with one attached hydrogen (secondary N) is 2. The van der Waals surface area contributed by atoms with Gasteiger partial charge in [-0.25, -0.2) is 0 Å². The van der Waals surface area contributed by atoms with Crippen LogP contribution in [0.5, 0.6) is 0 Å². The minimum Gasteiger partial charge on any atom is -0.383 e. The maximum absolute atomic E-state index is 11.8. The highest BCUT2D eigenvalue weighted by atomic mass is 32.1. The second-order valence-electron chi connectivity index (χ2n) is 5.75. The van der Waals surface area contributed by atoms with Crippen LogP contribution in [0.1, 0.15) is 5.56 Å². The fraction of sp³-hybridized carbons (Fsp3) is 0.529. The third-order valence-corrected chi connectivity index (χ3v) is 4.34. The molecular formula is C17H26N4O2S. The van der Waals surface area contributed by atoms with Crippen LogP contribution in [0, 0.1) is 0 Å². The van der Waals surface area contributed by atoms with Gasteiger partial charge < -0.3 is 20.3 Å². The van der Waals surface area contributed by atoms with E-state index < -0.39 is 0 Å². The minimum atomic E-state index is 0.0466. The van der Waals surface area contributed by atoms with Crippen molar-refractivity contribution in [2.75, 3.05) is 53.0 Å². The molecule has 2 rings (SSSR count). The third-order valence-electron chi connectivity index (χ3n) is 3.94. The monoisotopic (exact) mass is 350 g/mol. The highest BCUT2D eigenvalue weighted by Crippen LogP contribution is 2.03. The Morgan fingerprint density at radius 2 is 1.88 bits per heavy atom. The first-order chi connectivity index (χ1) is 11.7. The number of hydrogen-bond donors (Lipinski definition) is 2. The normalized spacial score (nSPS) is 15.1. The van der Waals surface area contributed by atoms with Gasteiger partial charge in [-0.1, -0.05) is 30.3 Å². The second kappa shape index (κ2) is 10.2. The van der Waals surface area contributed by atoms with Crippen LogP contribution in [-0.4, -0.2) is 73.8 Å². The lowest BCUT2D eigenvalue weighted by molar-refractivity contribution is -0.122. The number of nitrogens with zero attached hydrogens (tertiary/aromatic N) is 2. The molecule has 0 aromatic heterocycles. The van der Waals surface area contributed by atoms with Gasteiger partial charge in [0.1, 0.15) is 0 Å². The fourth-order valence-corrected chi connectivity index (χ4v) is 2.80. The maximum atomic E-state index is 11.8. The molecule has 1 aliphatic heterocycles. The van der Waals surface area contributed by atoms with Gasteiger partial charge in [0.2, 0.25) is 5.91 Å². The molecule has 2 N–H and O–H groups in total. The molecule has 132 valence electrons. The molecule has 0 saturated carbocycles. The molecule has 1 saturated heterocycles. The van der Waals surface area contributed by atoms with Crippen molar-refractivity contribution in [3.63, 3.8) is 0 Å². The third kappa shape index (κ3) is 6.43. The van der Waals surface area contributed by atoms with E-state index in [0.717, 1.165) is 37.8 Å². The van der Waals surface area contributed by atoms with Crippen molar-refractivity contribution in [1.82, 2.24) is 20.4 Å². The van der Waals surface area contributed by atoms with E-state index in [-0.39, 0.29) is 5.91 Å². The maximum Gasteiger partial charge on any atom is 0.234 e. The molecular weight excluding hydrogens is 324 g/mol. The summed E-state index contributed by atoms with van der Waals surface area (Å²) in [5.41, 5.74) is 1.21. The summed E-state index contributed by atoms with van der Waals surface area (Å²) < 4.78 is 4.92. The zero-order valence-corrected chi connectivity index (χ0v) is 15.0. The van der Waals surface area contributed by atoms with Gasteiger partial charge in [0.15, 0.2) is 5.11 Å². The van der Waals surface area contributed by atoms with E-state index >= 15 is 0 Å². The Balaban J connectivity index is 1.64. The number of amides is 1. The van der Waals surface area contributed by atoms with Gasteiger partial charge in [0, 0.05) is 46.4 Å². The predicted molar refractivity (Wildman–Crippen MR) is 98.8 cm³/mol. The Bertz CT molecular complexity index is 519. The summed E-state index contributed by atoms with van der Waals surface area (Å²) in [6.45, 7) is 5.63. The molecule has 6 nitrogen and oxygen atoms in total. The topological polar surface area (TPSA) is 56.8 Å². The van der Waals surface area contributed by atoms with E-state index in [1.807, 2.05) is 18.2 Å². The lowest BCUT2D eigenvalue weighted by Gasteiger charge is -2.35. The number of hydrogen-bond acceptors (Lipinski definition) is 4. The Morgan fingerprint density at radius 3 is 2.54 bits per heavy atom. The SMILES string of the molecule is COCCNC(=O)CN1CCN(C(=S)NCc2ccccc2)CC1. The number of ether oxygens (including phenoxy) is 1. The van der Waals surface area contributed by atoms with Gasteiger partial charge in [0.25, 0.3) is 0 Å². The van der Waals surface area contributed by atoms with Crippen LogP contribution < -0.4 is 10.6 Å². The number of piperazine rings is 1. The van der Waals surface area contributed by atoms with E-state index in [0.29, 0.717) is 19.7 Å². The van der Waals surface area contributed by atoms with Gasteiger partial charge >= 0.3 is 0 Å². The van der Waals surface area contributed by atoms with E-state index in [4.69, 9.17) is 17.0 Å². The number of benzene rings is 1. The summed E-state index contributed by atoms with van der Waals surface area (Å²) in [5, 5.41) is 6.93. The van der Waals surface area contributed by atoms with Crippen LogP contribution in [0.3, 0.4) is 0 Å². The molecule has 0 bridgehead atoms. The van der Waals surface area contributed by atoms with Gasteiger partial charge in [-0.05, 0) is 17.8 Å². The molecule has 1 aromatic carbocycles. The molecule has 1 amide bonds. The van der Waals surface area contributed by atoms with Crippen LogP contribution in [0.4, 0.5) is 0 Å². The van der Waals surface area contributed by atoms with Gasteiger partial charge in [-0.2, -0.15) is 0 Å². The molecule has 1 aromatic rings. The standard InChI is InChI=1S/C17H26N4O2S/c1-23-12-7-18-16(22)14-20-8-10-21(11-9-20)17(24)19-13-15-5-3-2-4-6-15/h2-6H,7-14H2,1H3,(H,18,22)(H,19,24). The zero-order valence-electron chi connectivity index (χ0n) is 14.2. The molecule has 0 aliphatic carbocycles. The molecule has 1 fully saturated rings. The predicted octanol–water partition coefficient (Wildman–Crippen LogP) is 0.441. The van der Waals surface area contributed by atoms with Gasteiger partial charge in [0.05, 0.1) is 13.2 Å². The Morgan fingerprint density at radius 1 is 1.17 bits per heavy atom. The second-order valence-corrected chi connectivity index (χ2v) is 6.14. The highest BCUT2D eigenvalue weighted by Gasteiger charge is 2.20. The summed E-state index contributed by atoms with van der Waals surface area (Å²) in [6.07, 6.45) is 0. The number of rotatable bonds is 7. The first-order valence-corrected chi connectivity index (χ1v) is 8.64. The summed E-state index contributed by atoms with van der Waals surface area (Å²) in [6, 6.07) is 10.2.